The minimum atomic E-state index is -2.80. The second-order valence-corrected chi connectivity index (χ2v) is 5.66. The maximum atomic E-state index is 11.2. The summed E-state index contributed by atoms with van der Waals surface area (Å²) >= 11 is 0. The fourth-order valence-corrected chi connectivity index (χ4v) is 2.40. The van der Waals surface area contributed by atoms with Crippen LogP contribution in [0.2, 0.25) is 0 Å². The third kappa shape index (κ3) is 4.85. The van der Waals surface area contributed by atoms with Gasteiger partial charge in [-0.05, 0) is 0 Å². The van der Waals surface area contributed by atoms with Crippen molar-refractivity contribution in [2.24, 2.45) is 0 Å². The number of hydrogen-bond donors (Lipinski definition) is 7. The molecule has 1 rings (SSSR count). The molecule has 1 fully saturated rings. The van der Waals surface area contributed by atoms with Crippen LogP contribution in [-0.4, -0.2) is 86.1 Å². The molecule has 138 valence electrons. The Morgan fingerprint density at radius 1 is 1.25 bits per heavy atom. The van der Waals surface area contributed by atoms with E-state index in [4.69, 9.17) is 9.84 Å². The summed E-state index contributed by atoms with van der Waals surface area (Å²) < 4.78 is 4.97. The monoisotopic (exact) mass is 350 g/mol. The topological polar surface area (TPSA) is 186 Å². The van der Waals surface area contributed by atoms with Gasteiger partial charge in [0.1, 0.15) is 12.2 Å². The maximum Gasteiger partial charge on any atom is 0.364 e. The van der Waals surface area contributed by atoms with Gasteiger partial charge in [-0.2, -0.15) is 0 Å². The van der Waals surface area contributed by atoms with Crippen molar-refractivity contribution in [1.82, 2.24) is 10.6 Å². The second-order valence-electron chi connectivity index (χ2n) is 5.66. The van der Waals surface area contributed by atoms with Crippen LogP contribution in [0.5, 0.6) is 0 Å². The Morgan fingerprint density at radius 2 is 1.83 bits per heavy atom. The molecule has 7 N–H and O–H groups in total. The van der Waals surface area contributed by atoms with E-state index in [1.807, 2.05) is 0 Å². The molecule has 0 bridgehead atoms. The number of carboxylic acids is 1. The molecule has 1 aliphatic heterocycles. The SMILES string of the molecule is CC(=O)NC[C@@H](O)[C@@H](O)C1OC(O)(C(=O)O)CC(O)C1NC(C)=O. The molecule has 0 aliphatic carbocycles. The summed E-state index contributed by atoms with van der Waals surface area (Å²) in [7, 11) is 0. The van der Waals surface area contributed by atoms with Crippen LogP contribution in [-0.2, 0) is 19.1 Å². The maximum absolute atomic E-state index is 11.2. The average Bonchev–Trinajstić information content (AvgIpc) is 2.46. The first-order chi connectivity index (χ1) is 11.0. The Labute approximate surface area is 137 Å². The lowest BCUT2D eigenvalue weighted by Crippen LogP contribution is -2.67. The molecule has 0 spiro atoms. The molecule has 24 heavy (non-hydrogen) atoms. The van der Waals surface area contributed by atoms with Crippen molar-refractivity contribution in [3.8, 4) is 0 Å². The van der Waals surface area contributed by atoms with Crippen LogP contribution in [0.25, 0.3) is 0 Å². The van der Waals surface area contributed by atoms with Gasteiger partial charge < -0.3 is 40.9 Å². The van der Waals surface area contributed by atoms with E-state index >= 15 is 0 Å². The zero-order chi connectivity index (χ0) is 18.7. The number of nitrogens with one attached hydrogen (secondary N) is 2. The third-order valence-corrected chi connectivity index (χ3v) is 3.58. The van der Waals surface area contributed by atoms with Gasteiger partial charge in [-0.3, -0.25) is 9.59 Å². The highest BCUT2D eigenvalue weighted by Crippen LogP contribution is 2.30. The van der Waals surface area contributed by atoms with E-state index in [9.17, 15) is 34.8 Å². The predicted octanol–water partition coefficient (Wildman–Crippen LogP) is -3.73. The van der Waals surface area contributed by atoms with E-state index in [0.717, 1.165) is 6.92 Å². The third-order valence-electron chi connectivity index (χ3n) is 3.58. The Balaban J connectivity index is 3.01. The van der Waals surface area contributed by atoms with Gasteiger partial charge in [-0.1, -0.05) is 0 Å². The van der Waals surface area contributed by atoms with Crippen molar-refractivity contribution in [3.05, 3.63) is 0 Å². The highest BCUT2D eigenvalue weighted by molar-refractivity contribution is 5.76. The van der Waals surface area contributed by atoms with Gasteiger partial charge in [-0.15, -0.1) is 0 Å². The Hall–Kier alpha value is -1.79. The minimum absolute atomic E-state index is 0.384. The van der Waals surface area contributed by atoms with Crippen LogP contribution in [0, 0.1) is 0 Å². The number of ether oxygens (including phenoxy) is 1. The number of amides is 2. The molecule has 1 heterocycles. The van der Waals surface area contributed by atoms with Gasteiger partial charge in [0.2, 0.25) is 11.8 Å². The molecule has 0 radical (unpaired) electrons. The lowest BCUT2D eigenvalue weighted by molar-refractivity contribution is -0.294. The van der Waals surface area contributed by atoms with Gasteiger partial charge in [0.15, 0.2) is 0 Å². The molecule has 2 amide bonds. The van der Waals surface area contributed by atoms with Crippen LogP contribution in [0.15, 0.2) is 0 Å². The molecule has 11 heteroatoms. The number of hydrogen-bond acceptors (Lipinski definition) is 8. The highest BCUT2D eigenvalue weighted by Gasteiger charge is 2.53. The standard InChI is InChI=1S/C13H22N2O9/c1-5(16)14-4-8(19)10(20)11-9(15-6(2)17)7(18)3-13(23,24-11)12(21)22/h7-11,18-20,23H,3-4H2,1-2H3,(H,14,16)(H,15,17)(H,21,22)/t7?,8-,9?,10-,11?,13?/m1/s1. The van der Waals surface area contributed by atoms with Gasteiger partial charge in [0.25, 0.3) is 5.79 Å². The highest BCUT2D eigenvalue weighted by atomic mass is 16.7. The van der Waals surface area contributed by atoms with Crippen molar-refractivity contribution in [3.63, 3.8) is 0 Å². The van der Waals surface area contributed by atoms with E-state index in [1.54, 1.807) is 0 Å². The summed E-state index contributed by atoms with van der Waals surface area (Å²) in [6.45, 7) is 1.93. The lowest BCUT2D eigenvalue weighted by Gasteiger charge is -2.44. The summed E-state index contributed by atoms with van der Waals surface area (Å²) in [5, 5.41) is 53.6. The van der Waals surface area contributed by atoms with E-state index in [1.165, 1.54) is 6.92 Å². The molecule has 0 aromatic rings. The summed E-state index contributed by atoms with van der Waals surface area (Å²) in [6, 6.07) is -1.27. The fraction of sp³-hybridized carbons (Fsp3) is 0.769. The number of carbonyl (C=O) groups excluding carboxylic acids is 2. The van der Waals surface area contributed by atoms with Crippen molar-refractivity contribution in [1.29, 1.82) is 0 Å². The Kier molecular flexibility index (Phi) is 6.63. The number of carboxylic acid groups (broad SMARTS) is 1. The summed E-state index contributed by atoms with van der Waals surface area (Å²) in [4.78, 5) is 33.2. The first kappa shape index (κ1) is 20.3. The van der Waals surface area contributed by atoms with Gasteiger partial charge in [0.05, 0.1) is 18.2 Å². The number of carbonyl (C=O) groups is 3. The lowest BCUT2D eigenvalue weighted by atomic mass is 9.88. The van der Waals surface area contributed by atoms with E-state index in [2.05, 4.69) is 10.6 Å². The molecule has 4 unspecified atom stereocenters. The van der Waals surface area contributed by atoms with Gasteiger partial charge in [0, 0.05) is 26.8 Å². The number of aliphatic carboxylic acids is 1. The van der Waals surface area contributed by atoms with Crippen LogP contribution in [0.4, 0.5) is 0 Å². The molecule has 6 atom stereocenters. The van der Waals surface area contributed by atoms with E-state index < -0.39 is 60.4 Å². The fourth-order valence-electron chi connectivity index (χ4n) is 2.40. The number of aliphatic hydroxyl groups excluding tert-OH is 3. The first-order valence-electron chi connectivity index (χ1n) is 7.17. The summed E-state index contributed by atoms with van der Waals surface area (Å²) in [5.41, 5.74) is 0. The quantitative estimate of drug-likeness (QED) is 0.253. The molecule has 0 aromatic heterocycles. The van der Waals surface area contributed by atoms with Gasteiger partial charge in [-0.25, -0.2) is 4.79 Å². The largest absolute Gasteiger partial charge is 0.477 e. The van der Waals surface area contributed by atoms with Crippen molar-refractivity contribution in [2.75, 3.05) is 6.54 Å². The molecule has 1 saturated heterocycles. The normalized spacial score (nSPS) is 32.5. The number of aliphatic hydroxyl groups is 4. The van der Waals surface area contributed by atoms with E-state index in [-0.39, 0.29) is 6.54 Å². The Bertz CT molecular complexity index is 500. The average molecular weight is 350 g/mol. The molecule has 11 nitrogen and oxygen atoms in total. The smallest absolute Gasteiger partial charge is 0.364 e. The predicted molar refractivity (Wildman–Crippen MR) is 76.4 cm³/mol. The zero-order valence-electron chi connectivity index (χ0n) is 13.2. The first-order valence-corrected chi connectivity index (χ1v) is 7.17. The minimum Gasteiger partial charge on any atom is -0.477 e. The Morgan fingerprint density at radius 3 is 2.29 bits per heavy atom. The van der Waals surface area contributed by atoms with Gasteiger partial charge >= 0.3 is 5.97 Å². The van der Waals surface area contributed by atoms with Crippen molar-refractivity contribution < 1.29 is 44.7 Å². The van der Waals surface area contributed by atoms with Crippen molar-refractivity contribution >= 4 is 17.8 Å². The molecule has 0 aromatic carbocycles. The van der Waals surface area contributed by atoms with E-state index in [0.29, 0.717) is 0 Å². The van der Waals surface area contributed by atoms with Crippen LogP contribution in [0.1, 0.15) is 20.3 Å². The number of rotatable bonds is 6. The molecular formula is C13H22N2O9. The molecule has 1 aliphatic rings. The molecule has 0 saturated carbocycles. The van der Waals surface area contributed by atoms with Crippen LogP contribution < -0.4 is 10.6 Å². The van der Waals surface area contributed by atoms with Crippen LogP contribution >= 0.6 is 0 Å². The zero-order valence-corrected chi connectivity index (χ0v) is 13.2. The molecular weight excluding hydrogens is 328 g/mol. The second kappa shape index (κ2) is 7.85. The van der Waals surface area contributed by atoms with Crippen molar-refractivity contribution in [2.45, 2.75) is 56.5 Å². The summed E-state index contributed by atoms with van der Waals surface area (Å²) in [6.07, 6.45) is -7.36. The summed E-state index contributed by atoms with van der Waals surface area (Å²) in [5.74, 6) is -5.67. The van der Waals surface area contributed by atoms with Crippen LogP contribution in [0.3, 0.4) is 0 Å².